The number of carbonyl (C=O) groups excluding carboxylic acids is 2. The molecular weight excluding hydrogens is 330 g/mol. The number of nitrogens with one attached hydrogen (secondary N) is 3. The number of benzene rings is 1. The molecule has 1 saturated heterocycles. The van der Waals surface area contributed by atoms with E-state index in [2.05, 4.69) is 22.2 Å². The van der Waals surface area contributed by atoms with E-state index in [1.807, 2.05) is 44.2 Å². The van der Waals surface area contributed by atoms with Gasteiger partial charge in [-0.15, -0.1) is 6.58 Å². The average Bonchev–Trinajstić information content (AvgIpc) is 3.00. The van der Waals surface area contributed by atoms with Crippen LogP contribution >= 0.6 is 0 Å². The Morgan fingerprint density at radius 3 is 2.54 bits per heavy atom. The molecule has 6 heteroatoms. The number of amides is 2. The van der Waals surface area contributed by atoms with Gasteiger partial charge in [-0.2, -0.15) is 0 Å². The highest BCUT2D eigenvalue weighted by Gasteiger charge is 2.40. The van der Waals surface area contributed by atoms with Gasteiger partial charge in [0.25, 0.3) is 0 Å². The van der Waals surface area contributed by atoms with Gasteiger partial charge in [0.05, 0.1) is 0 Å². The topological polar surface area (TPSA) is 83.2 Å². The second kappa shape index (κ2) is 6.61. The molecule has 138 valence electrons. The van der Waals surface area contributed by atoms with Gasteiger partial charge in [0.2, 0.25) is 11.8 Å². The van der Waals surface area contributed by atoms with E-state index in [1.165, 1.54) is 0 Å². The molecule has 0 radical (unpaired) electrons. The number of hydrogen-bond acceptors (Lipinski definition) is 3. The Bertz CT molecular complexity index is 868. The van der Waals surface area contributed by atoms with E-state index >= 15 is 0 Å². The van der Waals surface area contributed by atoms with Crippen molar-refractivity contribution in [3.05, 3.63) is 48.2 Å². The number of para-hydroxylation sites is 1. The van der Waals surface area contributed by atoms with Crippen LogP contribution in [0.5, 0.6) is 0 Å². The molecule has 3 rings (SSSR count). The molecule has 0 spiro atoms. The van der Waals surface area contributed by atoms with Gasteiger partial charge in [0, 0.05) is 34.7 Å². The summed E-state index contributed by atoms with van der Waals surface area (Å²) < 4.78 is 5.75. The maximum atomic E-state index is 12.6. The minimum atomic E-state index is -0.803. The Balaban J connectivity index is 2.18. The fourth-order valence-corrected chi connectivity index (χ4v) is 3.42. The lowest BCUT2D eigenvalue weighted by Gasteiger charge is -2.34. The quantitative estimate of drug-likeness (QED) is 0.720. The predicted octanol–water partition coefficient (Wildman–Crippen LogP) is 2.32. The number of hydrogen-bond donors (Lipinski definition) is 3. The molecule has 0 aliphatic carbocycles. The lowest BCUT2D eigenvalue weighted by Crippen LogP contribution is -2.62. The zero-order chi connectivity index (χ0) is 19.1. The summed E-state index contributed by atoms with van der Waals surface area (Å²) in [7, 11) is 1.55. The SMILES string of the molecule is C=CC(C)(C)c1[nH]c2ccccc2c1C(OC)[C@@H]1NC(=O)[C@H](C)NC1=O. The van der Waals surface area contributed by atoms with Crippen molar-refractivity contribution in [3.8, 4) is 0 Å². The molecule has 3 atom stereocenters. The van der Waals surface area contributed by atoms with Crippen molar-refractivity contribution >= 4 is 22.7 Å². The van der Waals surface area contributed by atoms with E-state index in [4.69, 9.17) is 4.74 Å². The largest absolute Gasteiger partial charge is 0.374 e. The molecule has 1 aromatic carbocycles. The zero-order valence-corrected chi connectivity index (χ0v) is 15.6. The molecule has 2 amide bonds. The van der Waals surface area contributed by atoms with E-state index in [1.54, 1.807) is 14.0 Å². The number of ether oxygens (including phenoxy) is 1. The first-order chi connectivity index (χ1) is 12.3. The number of allylic oxidation sites excluding steroid dienone is 1. The first-order valence-electron chi connectivity index (χ1n) is 8.68. The van der Waals surface area contributed by atoms with Crippen LogP contribution in [0.1, 0.15) is 38.1 Å². The van der Waals surface area contributed by atoms with Gasteiger partial charge in [0.15, 0.2) is 0 Å². The highest BCUT2D eigenvalue weighted by atomic mass is 16.5. The summed E-state index contributed by atoms with van der Waals surface area (Å²) >= 11 is 0. The lowest BCUT2D eigenvalue weighted by molar-refractivity contribution is -0.140. The third-order valence-corrected chi connectivity index (χ3v) is 5.07. The van der Waals surface area contributed by atoms with Gasteiger partial charge < -0.3 is 20.4 Å². The molecule has 0 saturated carbocycles. The summed E-state index contributed by atoms with van der Waals surface area (Å²) in [4.78, 5) is 28.2. The van der Waals surface area contributed by atoms with Crippen LogP contribution in [-0.4, -0.2) is 36.0 Å². The van der Waals surface area contributed by atoms with Gasteiger partial charge in [-0.1, -0.05) is 38.1 Å². The van der Waals surface area contributed by atoms with E-state index in [9.17, 15) is 9.59 Å². The fraction of sp³-hybridized carbons (Fsp3) is 0.400. The van der Waals surface area contributed by atoms with Crippen LogP contribution in [0.4, 0.5) is 0 Å². The van der Waals surface area contributed by atoms with Crippen LogP contribution < -0.4 is 10.6 Å². The fourth-order valence-electron chi connectivity index (χ4n) is 3.42. The van der Waals surface area contributed by atoms with Crippen molar-refractivity contribution in [2.75, 3.05) is 7.11 Å². The number of rotatable bonds is 5. The first kappa shape index (κ1) is 18.2. The number of aromatic nitrogens is 1. The van der Waals surface area contributed by atoms with Gasteiger partial charge >= 0.3 is 0 Å². The van der Waals surface area contributed by atoms with Crippen molar-refractivity contribution in [2.24, 2.45) is 0 Å². The Morgan fingerprint density at radius 2 is 1.88 bits per heavy atom. The Labute approximate surface area is 153 Å². The molecule has 0 bridgehead atoms. The van der Waals surface area contributed by atoms with Crippen molar-refractivity contribution < 1.29 is 14.3 Å². The monoisotopic (exact) mass is 355 g/mol. The summed E-state index contributed by atoms with van der Waals surface area (Å²) in [5, 5.41) is 6.48. The van der Waals surface area contributed by atoms with Crippen LogP contribution in [0.15, 0.2) is 36.9 Å². The number of piperazine rings is 1. The van der Waals surface area contributed by atoms with Gasteiger partial charge in [0.1, 0.15) is 18.2 Å². The van der Waals surface area contributed by atoms with E-state index in [0.717, 1.165) is 22.2 Å². The van der Waals surface area contributed by atoms with E-state index in [-0.39, 0.29) is 17.2 Å². The minimum Gasteiger partial charge on any atom is -0.374 e. The molecule has 1 unspecified atom stereocenters. The van der Waals surface area contributed by atoms with Crippen molar-refractivity contribution in [1.82, 2.24) is 15.6 Å². The van der Waals surface area contributed by atoms with E-state index in [0.29, 0.717) is 0 Å². The van der Waals surface area contributed by atoms with Crippen molar-refractivity contribution in [3.63, 3.8) is 0 Å². The molecule has 26 heavy (non-hydrogen) atoms. The summed E-state index contributed by atoms with van der Waals surface area (Å²) in [5.74, 6) is -0.474. The van der Waals surface area contributed by atoms with Crippen LogP contribution in [0.3, 0.4) is 0 Å². The molecule has 2 aromatic rings. The maximum absolute atomic E-state index is 12.6. The van der Waals surface area contributed by atoms with Crippen LogP contribution in [0, 0.1) is 0 Å². The third-order valence-electron chi connectivity index (χ3n) is 5.07. The summed E-state index contributed by atoms with van der Waals surface area (Å²) in [5.41, 5.74) is 2.36. The highest BCUT2D eigenvalue weighted by molar-refractivity contribution is 5.98. The molecule has 2 heterocycles. The lowest BCUT2D eigenvalue weighted by atomic mass is 9.83. The summed E-state index contributed by atoms with van der Waals surface area (Å²) in [6.45, 7) is 9.69. The molecular formula is C20H25N3O3. The molecule has 1 aromatic heterocycles. The normalized spacial score (nSPS) is 22.0. The molecule has 1 aliphatic rings. The molecule has 1 fully saturated rings. The zero-order valence-electron chi connectivity index (χ0n) is 15.6. The second-order valence-corrected chi connectivity index (χ2v) is 7.26. The van der Waals surface area contributed by atoms with Crippen molar-refractivity contribution in [2.45, 2.75) is 44.4 Å². The van der Waals surface area contributed by atoms with Gasteiger partial charge in [-0.25, -0.2) is 0 Å². The predicted molar refractivity (Wildman–Crippen MR) is 101 cm³/mol. The standard InChI is InChI=1S/C20H25N3O3/c1-6-20(3,4)17-14(12-9-7-8-10-13(12)22-17)16(26-5)15-19(25)21-11(2)18(24)23-15/h6-11,15-16,22H,1H2,2-5H3,(H,21,25)(H,23,24)/t11-,15-,16?/m0/s1. The van der Waals surface area contributed by atoms with Crippen LogP contribution in [-0.2, 0) is 19.7 Å². The summed E-state index contributed by atoms with van der Waals surface area (Å²) in [6.07, 6.45) is 1.23. The van der Waals surface area contributed by atoms with Crippen LogP contribution in [0.25, 0.3) is 10.9 Å². The minimum absolute atomic E-state index is 0.221. The number of methoxy groups -OCH3 is 1. The molecule has 1 aliphatic heterocycles. The Hall–Kier alpha value is -2.60. The van der Waals surface area contributed by atoms with Crippen molar-refractivity contribution in [1.29, 1.82) is 0 Å². The second-order valence-electron chi connectivity index (χ2n) is 7.26. The Kier molecular flexibility index (Phi) is 4.63. The number of fused-ring (bicyclic) bond motifs is 1. The first-order valence-corrected chi connectivity index (χ1v) is 8.68. The maximum Gasteiger partial charge on any atom is 0.246 e. The smallest absolute Gasteiger partial charge is 0.246 e. The summed E-state index contributed by atoms with van der Waals surface area (Å²) in [6, 6.07) is 6.51. The van der Waals surface area contributed by atoms with E-state index < -0.39 is 18.2 Å². The highest BCUT2D eigenvalue weighted by Crippen LogP contribution is 2.38. The average molecular weight is 355 g/mol. The van der Waals surface area contributed by atoms with Gasteiger partial charge in [-0.05, 0) is 13.0 Å². The number of aromatic amines is 1. The van der Waals surface area contributed by atoms with Crippen LogP contribution in [0.2, 0.25) is 0 Å². The number of carbonyl (C=O) groups is 2. The molecule has 6 nitrogen and oxygen atoms in total. The third kappa shape index (κ3) is 2.90. The molecule has 3 N–H and O–H groups in total. The number of H-pyrrole nitrogens is 1. The van der Waals surface area contributed by atoms with Gasteiger partial charge in [-0.3, -0.25) is 9.59 Å². The Morgan fingerprint density at radius 1 is 1.19 bits per heavy atom.